The van der Waals surface area contributed by atoms with Gasteiger partial charge in [0.15, 0.2) is 0 Å². The van der Waals surface area contributed by atoms with Crippen molar-refractivity contribution in [3.05, 3.63) is 40.3 Å². The molecule has 0 N–H and O–H groups in total. The number of carbonyl (C=O) groups excluding carboxylic acids is 1. The lowest BCUT2D eigenvalue weighted by Gasteiger charge is -2.23. The maximum Gasteiger partial charge on any atom is 0.307 e. The molecule has 1 aliphatic rings. The van der Waals surface area contributed by atoms with Crippen molar-refractivity contribution >= 4 is 11.7 Å². The molecule has 8 heteroatoms. The lowest BCUT2D eigenvalue weighted by Crippen LogP contribution is -2.25. The normalized spacial score (nSPS) is 16.0. The number of hydrogen-bond acceptors (Lipinski definition) is 7. The Labute approximate surface area is 188 Å². The Bertz CT molecular complexity index is 895. The highest BCUT2D eigenvalue weighted by atomic mass is 16.6. The number of benzene rings is 1. The van der Waals surface area contributed by atoms with Gasteiger partial charge < -0.3 is 9.26 Å². The standard InChI is InChI=1S/C24H33N3O5/c1-24(2,3)31-21(28)16-19(11-7-10-17-8-5-4-6-9-17)23-25-22(26-32-23)18-12-14-20(15-13-18)27(29)30/h12-15,17,19H,4-11,16H2,1-3H3/t19-/m1/s1. The third-order valence-corrected chi connectivity index (χ3v) is 5.85. The van der Waals surface area contributed by atoms with E-state index in [1.54, 1.807) is 12.1 Å². The lowest BCUT2D eigenvalue weighted by atomic mass is 9.84. The molecule has 1 fully saturated rings. The Morgan fingerprint density at radius 2 is 1.91 bits per heavy atom. The second-order valence-electron chi connectivity index (χ2n) is 9.68. The van der Waals surface area contributed by atoms with E-state index in [4.69, 9.17) is 9.26 Å². The van der Waals surface area contributed by atoms with Crippen molar-refractivity contribution in [2.75, 3.05) is 0 Å². The van der Waals surface area contributed by atoms with E-state index in [9.17, 15) is 14.9 Å². The van der Waals surface area contributed by atoms with Crippen LogP contribution < -0.4 is 0 Å². The van der Waals surface area contributed by atoms with Crippen molar-refractivity contribution in [3.8, 4) is 11.4 Å². The zero-order chi connectivity index (χ0) is 23.1. The molecule has 0 spiro atoms. The number of rotatable bonds is 9. The van der Waals surface area contributed by atoms with Crippen LogP contribution in [-0.2, 0) is 9.53 Å². The van der Waals surface area contributed by atoms with Crippen LogP contribution in [-0.4, -0.2) is 26.6 Å². The Morgan fingerprint density at radius 3 is 2.53 bits per heavy atom. The number of nitro groups is 1. The molecule has 0 unspecified atom stereocenters. The zero-order valence-electron chi connectivity index (χ0n) is 19.2. The monoisotopic (exact) mass is 443 g/mol. The van der Waals surface area contributed by atoms with E-state index in [1.165, 1.54) is 44.2 Å². The summed E-state index contributed by atoms with van der Waals surface area (Å²) >= 11 is 0. The molecule has 1 aliphatic carbocycles. The van der Waals surface area contributed by atoms with Crippen LogP contribution in [0.2, 0.25) is 0 Å². The Hall–Kier alpha value is -2.77. The first-order valence-electron chi connectivity index (χ1n) is 11.5. The van der Waals surface area contributed by atoms with Gasteiger partial charge in [-0.3, -0.25) is 14.9 Å². The SMILES string of the molecule is CC(C)(C)OC(=O)C[C@@H](CCCC1CCCCC1)c1nc(-c2ccc([N+](=O)[O-])cc2)no1. The van der Waals surface area contributed by atoms with Crippen molar-refractivity contribution in [2.45, 2.75) is 90.1 Å². The molecule has 1 aromatic carbocycles. The van der Waals surface area contributed by atoms with Crippen LogP contribution in [0.25, 0.3) is 11.4 Å². The Morgan fingerprint density at radius 1 is 1.22 bits per heavy atom. The van der Waals surface area contributed by atoms with E-state index < -0.39 is 10.5 Å². The number of aromatic nitrogens is 2. The van der Waals surface area contributed by atoms with E-state index in [0.29, 0.717) is 17.3 Å². The van der Waals surface area contributed by atoms with Crippen LogP contribution in [0.1, 0.15) is 90.4 Å². The average molecular weight is 444 g/mol. The van der Waals surface area contributed by atoms with Gasteiger partial charge in [0.05, 0.1) is 11.3 Å². The van der Waals surface area contributed by atoms with Gasteiger partial charge in [-0.2, -0.15) is 4.98 Å². The Kier molecular flexibility index (Phi) is 7.99. The minimum Gasteiger partial charge on any atom is -0.460 e. The zero-order valence-corrected chi connectivity index (χ0v) is 19.2. The molecule has 0 bridgehead atoms. The number of carbonyl (C=O) groups is 1. The van der Waals surface area contributed by atoms with Gasteiger partial charge in [0.1, 0.15) is 5.60 Å². The van der Waals surface area contributed by atoms with Gasteiger partial charge in [-0.05, 0) is 45.2 Å². The van der Waals surface area contributed by atoms with Gasteiger partial charge in [0.2, 0.25) is 11.7 Å². The molecular formula is C24H33N3O5. The molecule has 0 aliphatic heterocycles. The van der Waals surface area contributed by atoms with Gasteiger partial charge in [-0.15, -0.1) is 0 Å². The summed E-state index contributed by atoms with van der Waals surface area (Å²) in [6.45, 7) is 5.55. The van der Waals surface area contributed by atoms with Gasteiger partial charge in [-0.25, -0.2) is 0 Å². The number of nitro benzene ring substituents is 1. The van der Waals surface area contributed by atoms with E-state index in [0.717, 1.165) is 25.2 Å². The van der Waals surface area contributed by atoms with Crippen LogP contribution in [0.4, 0.5) is 5.69 Å². The van der Waals surface area contributed by atoms with E-state index in [2.05, 4.69) is 10.1 Å². The highest BCUT2D eigenvalue weighted by Gasteiger charge is 2.26. The fraction of sp³-hybridized carbons (Fsp3) is 0.625. The smallest absolute Gasteiger partial charge is 0.307 e. The molecule has 3 rings (SSSR count). The first-order valence-corrected chi connectivity index (χ1v) is 11.5. The fourth-order valence-electron chi connectivity index (χ4n) is 4.28. The molecule has 0 saturated heterocycles. The molecular weight excluding hydrogens is 410 g/mol. The molecule has 8 nitrogen and oxygen atoms in total. The average Bonchev–Trinajstić information content (AvgIpc) is 3.23. The summed E-state index contributed by atoms with van der Waals surface area (Å²) in [5.41, 5.74) is 0.0782. The highest BCUT2D eigenvalue weighted by Crippen LogP contribution is 2.32. The Balaban J connectivity index is 1.69. The van der Waals surface area contributed by atoms with Crippen molar-refractivity contribution < 1.29 is 19.0 Å². The van der Waals surface area contributed by atoms with E-state index in [-0.39, 0.29) is 24.0 Å². The van der Waals surface area contributed by atoms with Crippen molar-refractivity contribution in [1.29, 1.82) is 0 Å². The van der Waals surface area contributed by atoms with Crippen LogP contribution >= 0.6 is 0 Å². The maximum atomic E-state index is 12.5. The molecule has 32 heavy (non-hydrogen) atoms. The predicted octanol–water partition coefficient (Wildman–Crippen LogP) is 6.21. The first kappa shape index (κ1) is 23.9. The minimum atomic E-state index is -0.553. The van der Waals surface area contributed by atoms with Crippen LogP contribution in [0.15, 0.2) is 28.8 Å². The van der Waals surface area contributed by atoms with Gasteiger partial charge >= 0.3 is 5.97 Å². The maximum absolute atomic E-state index is 12.5. The third kappa shape index (κ3) is 7.14. The largest absolute Gasteiger partial charge is 0.460 e. The van der Waals surface area contributed by atoms with Crippen molar-refractivity contribution in [3.63, 3.8) is 0 Å². The van der Waals surface area contributed by atoms with Crippen molar-refractivity contribution in [2.24, 2.45) is 5.92 Å². The molecule has 0 radical (unpaired) electrons. The van der Waals surface area contributed by atoms with Crippen LogP contribution in [0.5, 0.6) is 0 Å². The second-order valence-corrected chi connectivity index (χ2v) is 9.68. The second kappa shape index (κ2) is 10.7. The number of non-ortho nitro benzene ring substituents is 1. The number of ether oxygens (including phenoxy) is 1. The topological polar surface area (TPSA) is 108 Å². The molecule has 1 atom stereocenters. The summed E-state index contributed by atoms with van der Waals surface area (Å²) in [7, 11) is 0. The first-order chi connectivity index (χ1) is 15.2. The molecule has 0 amide bonds. The highest BCUT2D eigenvalue weighted by molar-refractivity contribution is 5.70. The number of hydrogen-bond donors (Lipinski definition) is 0. The summed E-state index contributed by atoms with van der Waals surface area (Å²) in [4.78, 5) is 27.4. The molecule has 1 aromatic heterocycles. The fourth-order valence-corrected chi connectivity index (χ4v) is 4.28. The van der Waals surface area contributed by atoms with E-state index in [1.807, 2.05) is 20.8 Å². The number of esters is 1. The number of nitrogens with zero attached hydrogens (tertiary/aromatic N) is 3. The quantitative estimate of drug-likeness (QED) is 0.257. The summed E-state index contributed by atoms with van der Waals surface area (Å²) in [6, 6.07) is 6.01. The van der Waals surface area contributed by atoms with Gasteiger partial charge in [-0.1, -0.05) is 50.1 Å². The molecule has 174 valence electrons. The van der Waals surface area contributed by atoms with Crippen LogP contribution in [0, 0.1) is 16.0 Å². The summed E-state index contributed by atoms with van der Waals surface area (Å²) < 4.78 is 11.1. The van der Waals surface area contributed by atoms with Crippen LogP contribution in [0.3, 0.4) is 0 Å². The summed E-state index contributed by atoms with van der Waals surface area (Å²) in [5.74, 6) is 1.04. The molecule has 1 heterocycles. The third-order valence-electron chi connectivity index (χ3n) is 5.85. The van der Waals surface area contributed by atoms with E-state index >= 15 is 0 Å². The van der Waals surface area contributed by atoms with Crippen molar-refractivity contribution in [1.82, 2.24) is 10.1 Å². The lowest BCUT2D eigenvalue weighted by molar-refractivity contribution is -0.384. The van der Waals surface area contributed by atoms with Gasteiger partial charge in [0, 0.05) is 23.6 Å². The molecule has 2 aromatic rings. The summed E-state index contributed by atoms with van der Waals surface area (Å²) in [5, 5.41) is 14.9. The van der Waals surface area contributed by atoms with Gasteiger partial charge in [0.25, 0.3) is 5.69 Å². The minimum absolute atomic E-state index is 0.00276. The predicted molar refractivity (Wildman–Crippen MR) is 120 cm³/mol. The summed E-state index contributed by atoms with van der Waals surface area (Å²) in [6.07, 6.45) is 9.65. The molecule has 1 saturated carbocycles.